The number of phenols is 1. The molecule has 6 rings (SSSR count). The molecular weight excluding hydrogens is 423 g/mol. The fourth-order valence-corrected chi connectivity index (χ4v) is 5.15. The molecule has 2 N–H and O–H groups in total. The molecule has 4 atom stereocenters. The van der Waals surface area contributed by atoms with Crippen LogP contribution in [-0.2, 0) is 4.74 Å². The molecule has 9 heteroatoms. The maximum Gasteiger partial charge on any atom is 0.147 e. The van der Waals surface area contributed by atoms with Crippen LogP contribution in [0.25, 0.3) is 22.4 Å². The highest BCUT2D eigenvalue weighted by molar-refractivity contribution is 5.73. The highest BCUT2D eigenvalue weighted by Crippen LogP contribution is 2.35. The number of halogens is 1. The van der Waals surface area contributed by atoms with E-state index in [4.69, 9.17) is 4.74 Å². The van der Waals surface area contributed by atoms with E-state index in [9.17, 15) is 9.50 Å². The van der Waals surface area contributed by atoms with E-state index in [1.54, 1.807) is 24.7 Å². The monoisotopic (exact) mass is 450 g/mol. The summed E-state index contributed by atoms with van der Waals surface area (Å²) in [6.07, 6.45) is 8.83. The summed E-state index contributed by atoms with van der Waals surface area (Å²) < 4.78 is 22.0. The van der Waals surface area contributed by atoms with Crippen molar-refractivity contribution in [2.45, 2.75) is 49.6 Å². The number of nitrogens with zero attached hydrogens (tertiary/aromatic N) is 5. The first-order valence-corrected chi connectivity index (χ1v) is 11.5. The quantitative estimate of drug-likeness (QED) is 0.618. The Kier molecular flexibility index (Phi) is 5.03. The number of alkyl halides is 1. The van der Waals surface area contributed by atoms with Crippen molar-refractivity contribution in [3.05, 3.63) is 43.0 Å². The molecule has 2 aromatic heterocycles. The van der Waals surface area contributed by atoms with Crippen molar-refractivity contribution < 1.29 is 14.2 Å². The fraction of sp³-hybridized carbons (Fsp3) is 0.458. The standard InChI is InChI=1S/C24H27FN6O2/c1-30(21-7-16-3-5-19(29-16)24(21)25)23-10-26-20(9-27-23)18-4-2-14(6-22(18)32)15-8-28-31(11-15)17-12-33-13-17/h2,4,6,8-11,16-17,19,21,24,29,32H,3,5,7,12-13H2,1H3/t16?,19?,21-,24+/m1/s1. The van der Waals surface area contributed by atoms with Crippen LogP contribution in [0.5, 0.6) is 5.75 Å². The van der Waals surface area contributed by atoms with E-state index >= 15 is 0 Å². The smallest absolute Gasteiger partial charge is 0.147 e. The van der Waals surface area contributed by atoms with E-state index in [1.165, 1.54) is 0 Å². The number of hydrogen-bond donors (Lipinski definition) is 2. The van der Waals surface area contributed by atoms with Gasteiger partial charge in [-0.1, -0.05) is 6.07 Å². The second-order valence-electron chi connectivity index (χ2n) is 9.30. The van der Waals surface area contributed by atoms with E-state index in [0.717, 1.165) is 30.4 Å². The number of ether oxygens (including phenoxy) is 1. The Morgan fingerprint density at radius 1 is 1.15 bits per heavy atom. The van der Waals surface area contributed by atoms with Gasteiger partial charge in [-0.2, -0.15) is 5.10 Å². The highest BCUT2D eigenvalue weighted by atomic mass is 19.1. The molecule has 0 radical (unpaired) electrons. The summed E-state index contributed by atoms with van der Waals surface area (Å²) in [6.45, 7) is 1.36. The number of anilines is 1. The number of benzene rings is 1. The molecule has 3 aliphatic heterocycles. The Balaban J connectivity index is 1.19. The predicted octanol–water partition coefficient (Wildman–Crippen LogP) is 2.95. The average Bonchev–Trinajstić information content (AvgIpc) is 3.43. The summed E-state index contributed by atoms with van der Waals surface area (Å²) in [5.74, 6) is 0.762. The van der Waals surface area contributed by atoms with Crippen LogP contribution in [-0.4, -0.2) is 69.4 Å². The zero-order valence-corrected chi connectivity index (χ0v) is 18.4. The number of piperidine rings is 1. The zero-order valence-electron chi connectivity index (χ0n) is 18.4. The zero-order chi connectivity index (χ0) is 22.5. The lowest BCUT2D eigenvalue weighted by atomic mass is 9.96. The third-order valence-electron chi connectivity index (χ3n) is 7.25. The Bertz CT molecular complexity index is 1150. The molecule has 33 heavy (non-hydrogen) atoms. The van der Waals surface area contributed by atoms with Crippen LogP contribution < -0.4 is 10.2 Å². The van der Waals surface area contributed by atoms with E-state index < -0.39 is 6.17 Å². The molecule has 2 unspecified atom stereocenters. The van der Waals surface area contributed by atoms with Gasteiger partial charge in [-0.05, 0) is 37.0 Å². The third kappa shape index (κ3) is 3.65. The van der Waals surface area contributed by atoms with Gasteiger partial charge in [0.15, 0.2) is 0 Å². The van der Waals surface area contributed by atoms with Crippen LogP contribution in [0.2, 0.25) is 0 Å². The topological polar surface area (TPSA) is 88.3 Å². The first kappa shape index (κ1) is 20.6. The van der Waals surface area contributed by atoms with Gasteiger partial charge in [-0.25, -0.2) is 9.37 Å². The number of fused-ring (bicyclic) bond motifs is 2. The maximum absolute atomic E-state index is 14.9. The number of nitrogens with one attached hydrogen (secondary N) is 1. The van der Waals surface area contributed by atoms with Crippen molar-refractivity contribution in [1.82, 2.24) is 25.1 Å². The van der Waals surface area contributed by atoms with Crippen LogP contribution in [0.15, 0.2) is 43.0 Å². The summed E-state index contributed by atoms with van der Waals surface area (Å²) in [7, 11) is 1.88. The lowest BCUT2D eigenvalue weighted by Crippen LogP contribution is -2.55. The predicted molar refractivity (Wildman–Crippen MR) is 122 cm³/mol. The van der Waals surface area contributed by atoms with Gasteiger partial charge in [-0.3, -0.25) is 9.67 Å². The normalized spacial score (nSPS) is 26.8. The van der Waals surface area contributed by atoms with Crippen LogP contribution in [0.1, 0.15) is 25.3 Å². The number of rotatable bonds is 5. The average molecular weight is 451 g/mol. The van der Waals surface area contributed by atoms with E-state index in [-0.39, 0.29) is 23.9 Å². The van der Waals surface area contributed by atoms with Crippen LogP contribution >= 0.6 is 0 Å². The molecule has 2 bridgehead atoms. The summed E-state index contributed by atoms with van der Waals surface area (Å²) in [6, 6.07) is 5.89. The SMILES string of the molecule is CN(c1cnc(-c2ccc(-c3cnn(C4COC4)c3)cc2O)cn1)[C@@H]1CC2CCC(N2)[C@@H]1F. The highest BCUT2D eigenvalue weighted by Gasteiger charge is 2.43. The first-order chi connectivity index (χ1) is 16.1. The van der Waals surface area contributed by atoms with Gasteiger partial charge in [-0.15, -0.1) is 0 Å². The fourth-order valence-electron chi connectivity index (χ4n) is 5.15. The molecule has 3 fully saturated rings. The Morgan fingerprint density at radius 3 is 2.76 bits per heavy atom. The molecule has 0 saturated carbocycles. The third-order valence-corrected chi connectivity index (χ3v) is 7.25. The number of phenolic OH excluding ortho intramolecular Hbond substituents is 1. The molecule has 0 aliphatic carbocycles. The molecule has 0 spiro atoms. The Morgan fingerprint density at radius 2 is 2.03 bits per heavy atom. The van der Waals surface area contributed by atoms with Crippen molar-refractivity contribution in [1.29, 1.82) is 0 Å². The van der Waals surface area contributed by atoms with Crippen molar-refractivity contribution in [3.63, 3.8) is 0 Å². The van der Waals surface area contributed by atoms with Gasteiger partial charge >= 0.3 is 0 Å². The Labute approximate surface area is 191 Å². The van der Waals surface area contributed by atoms with Gasteiger partial charge in [0, 0.05) is 36.5 Å². The molecular formula is C24H27FN6O2. The van der Waals surface area contributed by atoms with Gasteiger partial charge in [0.1, 0.15) is 17.7 Å². The molecule has 5 heterocycles. The molecule has 3 saturated heterocycles. The largest absolute Gasteiger partial charge is 0.507 e. The second-order valence-corrected chi connectivity index (χ2v) is 9.30. The van der Waals surface area contributed by atoms with Crippen molar-refractivity contribution in [2.75, 3.05) is 25.2 Å². The van der Waals surface area contributed by atoms with E-state index in [2.05, 4.69) is 20.4 Å². The molecule has 8 nitrogen and oxygen atoms in total. The first-order valence-electron chi connectivity index (χ1n) is 11.5. The minimum atomic E-state index is -0.923. The lowest BCUT2D eigenvalue weighted by Gasteiger charge is -2.38. The molecule has 3 aliphatic rings. The summed E-state index contributed by atoms with van der Waals surface area (Å²) >= 11 is 0. The van der Waals surface area contributed by atoms with E-state index in [1.807, 2.05) is 35.0 Å². The number of hydrogen-bond acceptors (Lipinski definition) is 7. The minimum absolute atomic E-state index is 0.0620. The maximum atomic E-state index is 14.9. The number of aromatic nitrogens is 4. The molecule has 3 aromatic rings. The van der Waals surface area contributed by atoms with Crippen molar-refractivity contribution in [3.8, 4) is 28.1 Å². The Hall–Kier alpha value is -3.04. The summed E-state index contributed by atoms with van der Waals surface area (Å²) in [5.41, 5.74) is 2.98. The van der Waals surface area contributed by atoms with E-state index in [0.29, 0.717) is 36.3 Å². The molecule has 1 aromatic carbocycles. The van der Waals surface area contributed by atoms with Gasteiger partial charge in [0.05, 0.1) is 49.6 Å². The summed E-state index contributed by atoms with van der Waals surface area (Å²) in [5, 5.41) is 18.5. The molecule has 172 valence electrons. The van der Waals surface area contributed by atoms with Crippen LogP contribution in [0.4, 0.5) is 10.2 Å². The second kappa shape index (κ2) is 8.07. The van der Waals surface area contributed by atoms with Gasteiger partial charge < -0.3 is 20.1 Å². The minimum Gasteiger partial charge on any atom is -0.507 e. The van der Waals surface area contributed by atoms with Crippen molar-refractivity contribution >= 4 is 5.82 Å². The van der Waals surface area contributed by atoms with Crippen LogP contribution in [0.3, 0.4) is 0 Å². The summed E-state index contributed by atoms with van der Waals surface area (Å²) in [4.78, 5) is 11.0. The van der Waals surface area contributed by atoms with Gasteiger partial charge in [0.25, 0.3) is 0 Å². The lowest BCUT2D eigenvalue weighted by molar-refractivity contribution is -0.0286. The molecule has 0 amide bonds. The van der Waals surface area contributed by atoms with Gasteiger partial charge in [0.2, 0.25) is 0 Å². The number of aromatic hydroxyl groups is 1. The van der Waals surface area contributed by atoms with Crippen molar-refractivity contribution in [2.24, 2.45) is 0 Å². The van der Waals surface area contributed by atoms with Crippen LogP contribution in [0, 0.1) is 0 Å².